The second kappa shape index (κ2) is 7.76. The summed E-state index contributed by atoms with van der Waals surface area (Å²) in [5.74, 6) is 0.193. The van der Waals surface area contributed by atoms with Crippen LogP contribution in [0.5, 0.6) is 0 Å². The number of rotatable bonds is 4. The number of benzene rings is 1. The Morgan fingerprint density at radius 3 is 2.94 bits per heavy atom. The van der Waals surface area contributed by atoms with Crippen LogP contribution in [0.3, 0.4) is 0 Å². The Morgan fingerprint density at radius 1 is 1.26 bits per heavy atom. The number of fused-ring (bicyclic) bond motifs is 1. The van der Waals surface area contributed by atoms with Crippen LogP contribution in [0.1, 0.15) is 52.7 Å². The normalized spacial score (nSPS) is 17.8. The number of halogens is 1. The van der Waals surface area contributed by atoms with E-state index in [2.05, 4.69) is 15.2 Å². The van der Waals surface area contributed by atoms with Gasteiger partial charge in [-0.25, -0.2) is 14.4 Å². The molecule has 0 radical (unpaired) electrons. The average molecular weight is 420 g/mol. The topological polar surface area (TPSA) is 78.0 Å². The molecule has 1 atom stereocenters. The van der Waals surface area contributed by atoms with E-state index in [0.29, 0.717) is 23.8 Å². The number of aromatic nitrogens is 4. The monoisotopic (exact) mass is 420 g/mol. The van der Waals surface area contributed by atoms with E-state index in [1.54, 1.807) is 12.3 Å². The average Bonchev–Trinajstić information content (AvgIpc) is 3.49. The van der Waals surface area contributed by atoms with Gasteiger partial charge in [-0.3, -0.25) is 9.89 Å². The maximum absolute atomic E-state index is 14.0. The zero-order chi connectivity index (χ0) is 21.5. The Hall–Kier alpha value is -3.29. The lowest BCUT2D eigenvalue weighted by Crippen LogP contribution is -2.32. The molecule has 8 heteroatoms. The molecule has 2 aromatic heterocycles. The van der Waals surface area contributed by atoms with E-state index in [0.717, 1.165) is 54.6 Å². The van der Waals surface area contributed by atoms with Gasteiger partial charge in [0.15, 0.2) is 5.69 Å². The lowest BCUT2D eigenvalue weighted by molar-refractivity contribution is 0.0726. The third kappa shape index (κ3) is 3.45. The van der Waals surface area contributed by atoms with Crippen molar-refractivity contribution in [1.82, 2.24) is 25.1 Å². The highest BCUT2D eigenvalue weighted by molar-refractivity contribution is 5.94. The largest absolute Gasteiger partial charge is 0.347 e. The number of hydrogen-bond acceptors (Lipinski definition) is 5. The minimum atomic E-state index is -0.313. The number of H-pyrrole nitrogens is 1. The van der Waals surface area contributed by atoms with E-state index in [1.165, 1.54) is 12.1 Å². The molecule has 1 saturated heterocycles. The summed E-state index contributed by atoms with van der Waals surface area (Å²) in [6.07, 6.45) is 6.30. The Labute approximate surface area is 180 Å². The molecule has 160 valence electrons. The molecule has 2 aliphatic rings. The van der Waals surface area contributed by atoms with Crippen LogP contribution < -0.4 is 4.90 Å². The van der Waals surface area contributed by atoms with Crippen molar-refractivity contribution < 1.29 is 9.18 Å². The van der Waals surface area contributed by atoms with Gasteiger partial charge in [0.05, 0.1) is 11.7 Å². The summed E-state index contributed by atoms with van der Waals surface area (Å²) in [5.41, 5.74) is 4.88. The van der Waals surface area contributed by atoms with Gasteiger partial charge in [0.25, 0.3) is 5.91 Å². The zero-order valence-corrected chi connectivity index (χ0v) is 17.7. The summed E-state index contributed by atoms with van der Waals surface area (Å²) >= 11 is 0. The molecule has 1 unspecified atom stereocenters. The van der Waals surface area contributed by atoms with Gasteiger partial charge in [0, 0.05) is 43.7 Å². The molecule has 1 fully saturated rings. The number of carbonyl (C=O) groups excluding carboxylic acids is 1. The van der Waals surface area contributed by atoms with E-state index in [4.69, 9.17) is 4.98 Å². The molecule has 3 aromatic rings. The fraction of sp³-hybridized carbons (Fsp3) is 0.391. The van der Waals surface area contributed by atoms with Crippen LogP contribution in [0.4, 0.5) is 10.3 Å². The van der Waals surface area contributed by atoms with Crippen molar-refractivity contribution in [3.8, 4) is 11.1 Å². The van der Waals surface area contributed by atoms with Gasteiger partial charge in [-0.05, 0) is 49.8 Å². The van der Waals surface area contributed by atoms with Crippen LogP contribution in [0.25, 0.3) is 11.1 Å². The highest BCUT2D eigenvalue weighted by atomic mass is 19.1. The highest BCUT2D eigenvalue weighted by Crippen LogP contribution is 2.38. The van der Waals surface area contributed by atoms with Gasteiger partial charge in [0.2, 0.25) is 5.95 Å². The van der Waals surface area contributed by atoms with E-state index in [-0.39, 0.29) is 17.8 Å². The van der Waals surface area contributed by atoms with Crippen LogP contribution in [-0.4, -0.2) is 51.6 Å². The first-order chi connectivity index (χ1) is 15.0. The molecule has 1 aliphatic carbocycles. The highest BCUT2D eigenvalue weighted by Gasteiger charge is 2.36. The maximum Gasteiger partial charge on any atom is 0.275 e. The molecule has 3 heterocycles. The summed E-state index contributed by atoms with van der Waals surface area (Å²) in [5, 5.41) is 7.38. The van der Waals surface area contributed by atoms with Crippen LogP contribution >= 0.6 is 0 Å². The molecule has 5 rings (SSSR count). The van der Waals surface area contributed by atoms with Gasteiger partial charge < -0.3 is 9.80 Å². The van der Waals surface area contributed by atoms with Gasteiger partial charge in [-0.15, -0.1) is 0 Å². The quantitative estimate of drug-likeness (QED) is 0.699. The van der Waals surface area contributed by atoms with Gasteiger partial charge >= 0.3 is 0 Å². The molecule has 1 amide bonds. The third-order valence-corrected chi connectivity index (χ3v) is 6.18. The number of aromatic amines is 1. The number of hydrogen-bond donors (Lipinski definition) is 1. The lowest BCUT2D eigenvalue weighted by atomic mass is 9.99. The molecule has 0 saturated carbocycles. The number of nitrogens with zero attached hydrogens (tertiary/aromatic N) is 5. The summed E-state index contributed by atoms with van der Waals surface area (Å²) in [6, 6.07) is 6.23. The van der Waals surface area contributed by atoms with Crippen molar-refractivity contribution in [2.45, 2.75) is 38.1 Å². The van der Waals surface area contributed by atoms with Crippen molar-refractivity contribution in [2.75, 3.05) is 25.5 Å². The first kappa shape index (κ1) is 19.7. The molecule has 7 nitrogen and oxygen atoms in total. The summed E-state index contributed by atoms with van der Waals surface area (Å²) in [6.45, 7) is 0.648. The van der Waals surface area contributed by atoms with Crippen molar-refractivity contribution in [3.63, 3.8) is 0 Å². The Morgan fingerprint density at radius 2 is 2.13 bits per heavy atom. The van der Waals surface area contributed by atoms with Crippen LogP contribution in [0, 0.1) is 5.82 Å². The molecular formula is C23H25FN6O. The van der Waals surface area contributed by atoms with E-state index in [1.807, 2.05) is 30.0 Å². The van der Waals surface area contributed by atoms with Crippen LogP contribution in [-0.2, 0) is 12.8 Å². The standard InChI is InChI=1S/C23H25FN6O/c1-29(2)23-25-13-17(14-6-3-7-15(24)12-14)20(26-23)19-10-5-11-30(19)22(31)21-16-8-4-9-18(16)27-28-21/h3,6-7,12-13,19H,4-5,8-11H2,1-2H3,(H,27,28). The van der Waals surface area contributed by atoms with Crippen molar-refractivity contribution in [1.29, 1.82) is 0 Å². The third-order valence-electron chi connectivity index (χ3n) is 6.18. The molecule has 31 heavy (non-hydrogen) atoms. The predicted octanol–water partition coefficient (Wildman–Crippen LogP) is 3.54. The minimum Gasteiger partial charge on any atom is -0.347 e. The molecular weight excluding hydrogens is 395 g/mol. The van der Waals surface area contributed by atoms with Gasteiger partial charge in [-0.1, -0.05) is 12.1 Å². The Kier molecular flexibility index (Phi) is 4.92. The van der Waals surface area contributed by atoms with E-state index >= 15 is 0 Å². The zero-order valence-electron chi connectivity index (χ0n) is 17.7. The number of likely N-dealkylation sites (tertiary alicyclic amines) is 1. The van der Waals surface area contributed by atoms with E-state index in [9.17, 15) is 9.18 Å². The summed E-state index contributed by atoms with van der Waals surface area (Å²) < 4.78 is 14.0. The number of aryl methyl sites for hydroxylation is 1. The number of amides is 1. The Balaban J connectivity index is 1.57. The molecule has 0 bridgehead atoms. The number of nitrogens with one attached hydrogen (secondary N) is 1. The molecule has 1 N–H and O–H groups in total. The fourth-order valence-corrected chi connectivity index (χ4v) is 4.66. The maximum atomic E-state index is 14.0. The van der Waals surface area contributed by atoms with Gasteiger partial charge in [0.1, 0.15) is 5.82 Å². The molecule has 1 aromatic carbocycles. The SMILES string of the molecule is CN(C)c1ncc(-c2cccc(F)c2)c(C2CCCN2C(=O)c2n[nH]c3c2CCC3)n1. The van der Waals surface area contributed by atoms with Crippen molar-refractivity contribution >= 4 is 11.9 Å². The lowest BCUT2D eigenvalue weighted by Gasteiger charge is -2.26. The number of carbonyl (C=O) groups is 1. The van der Waals surface area contributed by atoms with Crippen LogP contribution in [0.2, 0.25) is 0 Å². The summed E-state index contributed by atoms with van der Waals surface area (Å²) in [4.78, 5) is 26.5. The fourth-order valence-electron chi connectivity index (χ4n) is 4.66. The predicted molar refractivity (Wildman–Crippen MR) is 115 cm³/mol. The first-order valence-corrected chi connectivity index (χ1v) is 10.7. The first-order valence-electron chi connectivity index (χ1n) is 10.7. The second-order valence-electron chi connectivity index (χ2n) is 8.41. The summed E-state index contributed by atoms with van der Waals surface area (Å²) in [7, 11) is 3.76. The van der Waals surface area contributed by atoms with E-state index < -0.39 is 0 Å². The van der Waals surface area contributed by atoms with Crippen molar-refractivity contribution in [2.24, 2.45) is 0 Å². The van der Waals surface area contributed by atoms with Crippen LogP contribution in [0.15, 0.2) is 30.5 Å². The van der Waals surface area contributed by atoms with Crippen molar-refractivity contribution in [3.05, 3.63) is 58.9 Å². The second-order valence-corrected chi connectivity index (χ2v) is 8.41. The molecule has 0 spiro atoms. The smallest absolute Gasteiger partial charge is 0.275 e. The number of anilines is 1. The van der Waals surface area contributed by atoms with Gasteiger partial charge in [-0.2, -0.15) is 5.10 Å². The minimum absolute atomic E-state index is 0.0582. The molecule has 1 aliphatic heterocycles. The Bertz CT molecular complexity index is 1140.